The van der Waals surface area contributed by atoms with Crippen molar-refractivity contribution >= 4 is 40.0 Å². The number of hydrogen-bond donors (Lipinski definition) is 0. The molecule has 0 atom stereocenters. The number of nitrogens with zero attached hydrogens (tertiary/aromatic N) is 1. The van der Waals surface area contributed by atoms with Gasteiger partial charge in [-0.2, -0.15) is 0 Å². The molecule has 0 fully saturated rings. The third-order valence-electron chi connectivity index (χ3n) is 1.91. The molecule has 0 radical (unpaired) electrons. The first-order valence-electron chi connectivity index (χ1n) is 4.20. The smallest absolute Gasteiger partial charge is 0.290 e. The van der Waals surface area contributed by atoms with Crippen molar-refractivity contribution in [1.29, 1.82) is 0 Å². The van der Waals surface area contributed by atoms with Crippen molar-refractivity contribution in [3.63, 3.8) is 0 Å². The third kappa shape index (κ3) is 2.21. The van der Waals surface area contributed by atoms with Crippen LogP contribution in [0.5, 0.6) is 0 Å². The van der Waals surface area contributed by atoms with Crippen molar-refractivity contribution in [3.8, 4) is 11.3 Å². The van der Waals surface area contributed by atoms with Gasteiger partial charge in [0, 0.05) is 16.7 Å². The van der Waals surface area contributed by atoms with Crippen LogP contribution in [0.4, 0.5) is 0 Å². The second-order valence-corrected chi connectivity index (χ2v) is 4.16. The average molecular weight is 277 g/mol. The lowest BCUT2D eigenvalue weighted by molar-refractivity contribution is 0.104. The summed E-state index contributed by atoms with van der Waals surface area (Å²) in [5.74, 6) is -0.0253. The largest absolute Gasteiger partial charge is 0.351 e. The first-order chi connectivity index (χ1) is 7.58. The van der Waals surface area contributed by atoms with Gasteiger partial charge in [-0.1, -0.05) is 28.4 Å². The van der Waals surface area contributed by atoms with Crippen LogP contribution >= 0.6 is 34.8 Å². The molecule has 82 valence electrons. The highest BCUT2D eigenvalue weighted by molar-refractivity contribution is 6.67. The average Bonchev–Trinajstić information content (AvgIpc) is 2.66. The summed E-state index contributed by atoms with van der Waals surface area (Å²) < 4.78 is 4.74. The van der Waals surface area contributed by atoms with Gasteiger partial charge in [0.05, 0.1) is 5.02 Å². The van der Waals surface area contributed by atoms with Crippen LogP contribution in [-0.2, 0) is 0 Å². The molecular weight excluding hydrogens is 272 g/mol. The molecule has 1 aromatic heterocycles. The summed E-state index contributed by atoms with van der Waals surface area (Å²) in [6.45, 7) is 0. The Kier molecular flexibility index (Phi) is 3.19. The van der Waals surface area contributed by atoms with Crippen molar-refractivity contribution < 1.29 is 9.32 Å². The lowest BCUT2D eigenvalue weighted by atomic mass is 10.1. The molecule has 0 aliphatic rings. The van der Waals surface area contributed by atoms with E-state index in [0.717, 1.165) is 0 Å². The van der Waals surface area contributed by atoms with Crippen LogP contribution in [0.1, 0.15) is 10.6 Å². The molecule has 1 aromatic carbocycles. The molecule has 2 rings (SSSR count). The van der Waals surface area contributed by atoms with Gasteiger partial charge in [-0.3, -0.25) is 4.79 Å². The summed E-state index contributed by atoms with van der Waals surface area (Å²) in [6.07, 6.45) is 0. The minimum atomic E-state index is -0.705. The van der Waals surface area contributed by atoms with Gasteiger partial charge in [0.15, 0.2) is 0 Å². The predicted octanol–water partition coefficient (Wildman–Crippen LogP) is 4.03. The molecule has 0 bridgehead atoms. The zero-order valence-corrected chi connectivity index (χ0v) is 9.97. The fourth-order valence-electron chi connectivity index (χ4n) is 1.19. The van der Waals surface area contributed by atoms with Gasteiger partial charge in [-0.05, 0) is 29.8 Å². The Bertz CT molecular complexity index is 551. The number of halogens is 3. The summed E-state index contributed by atoms with van der Waals surface area (Å²) in [7, 11) is 0. The highest BCUT2D eigenvalue weighted by Gasteiger charge is 2.13. The van der Waals surface area contributed by atoms with Crippen molar-refractivity contribution in [2.75, 3.05) is 0 Å². The predicted molar refractivity (Wildman–Crippen MR) is 62.1 cm³/mol. The van der Waals surface area contributed by atoms with E-state index in [2.05, 4.69) is 5.16 Å². The Morgan fingerprint density at radius 2 is 2.00 bits per heavy atom. The first kappa shape index (κ1) is 11.5. The Hall–Kier alpha value is -1.03. The van der Waals surface area contributed by atoms with Crippen LogP contribution in [0.2, 0.25) is 10.0 Å². The van der Waals surface area contributed by atoms with Crippen LogP contribution in [0.15, 0.2) is 28.8 Å². The minimum Gasteiger partial charge on any atom is -0.351 e. The molecule has 0 unspecified atom stereocenters. The molecule has 2 aromatic rings. The summed E-state index contributed by atoms with van der Waals surface area (Å²) in [5.41, 5.74) is 1.06. The molecule has 0 amide bonds. The highest BCUT2D eigenvalue weighted by atomic mass is 35.5. The van der Waals surface area contributed by atoms with Gasteiger partial charge in [0.2, 0.25) is 5.76 Å². The van der Waals surface area contributed by atoms with E-state index in [1.807, 2.05) is 0 Å². The van der Waals surface area contributed by atoms with Crippen LogP contribution in [0.25, 0.3) is 11.3 Å². The van der Waals surface area contributed by atoms with E-state index in [-0.39, 0.29) is 5.76 Å². The molecule has 0 saturated carbocycles. The quantitative estimate of drug-likeness (QED) is 0.778. The summed E-state index contributed by atoms with van der Waals surface area (Å²) in [5, 5.41) is 3.93. The number of carbonyl (C=O) groups excluding carboxylic acids is 1. The maximum Gasteiger partial charge on any atom is 0.290 e. The van der Waals surface area contributed by atoms with Crippen LogP contribution in [0, 0.1) is 0 Å². The fourth-order valence-corrected chi connectivity index (χ4v) is 1.79. The Balaban J connectivity index is 2.46. The van der Waals surface area contributed by atoms with Crippen LogP contribution in [0.3, 0.4) is 0 Å². The van der Waals surface area contributed by atoms with E-state index in [1.54, 1.807) is 18.2 Å². The molecule has 0 aliphatic carbocycles. The molecule has 6 heteroatoms. The molecule has 1 heterocycles. The molecule has 3 nitrogen and oxygen atoms in total. The van der Waals surface area contributed by atoms with E-state index in [1.165, 1.54) is 6.07 Å². The third-order valence-corrected chi connectivity index (χ3v) is 2.65. The number of benzene rings is 1. The molecule has 0 spiro atoms. The monoisotopic (exact) mass is 275 g/mol. The lowest BCUT2D eigenvalue weighted by Gasteiger charge is -1.99. The van der Waals surface area contributed by atoms with Gasteiger partial charge in [-0.15, -0.1) is 0 Å². The number of carbonyl (C=O) groups is 1. The van der Waals surface area contributed by atoms with Crippen molar-refractivity contribution in [2.24, 2.45) is 0 Å². The molecule has 0 saturated heterocycles. The van der Waals surface area contributed by atoms with E-state index >= 15 is 0 Å². The second-order valence-electron chi connectivity index (χ2n) is 2.97. The topological polar surface area (TPSA) is 43.1 Å². The maximum absolute atomic E-state index is 10.8. The Labute approximate surface area is 106 Å². The van der Waals surface area contributed by atoms with Crippen LogP contribution < -0.4 is 0 Å². The highest BCUT2D eigenvalue weighted by Crippen LogP contribution is 2.30. The van der Waals surface area contributed by atoms with Gasteiger partial charge in [-0.25, -0.2) is 0 Å². The zero-order chi connectivity index (χ0) is 11.7. The van der Waals surface area contributed by atoms with Gasteiger partial charge >= 0.3 is 0 Å². The van der Waals surface area contributed by atoms with Crippen molar-refractivity contribution in [2.45, 2.75) is 0 Å². The molecule has 0 aliphatic heterocycles. The second kappa shape index (κ2) is 4.45. The number of aromatic nitrogens is 1. The van der Waals surface area contributed by atoms with Gasteiger partial charge in [0.1, 0.15) is 5.69 Å². The fraction of sp³-hybridized carbons (Fsp3) is 0. The zero-order valence-electron chi connectivity index (χ0n) is 7.71. The summed E-state index contributed by atoms with van der Waals surface area (Å²) in [6, 6.07) is 6.35. The molecular formula is C10H4Cl3NO2. The maximum atomic E-state index is 10.8. The van der Waals surface area contributed by atoms with Gasteiger partial charge in [0.25, 0.3) is 5.24 Å². The first-order valence-corrected chi connectivity index (χ1v) is 5.33. The SMILES string of the molecule is O=C(Cl)c1cc(-c2ccc(Cl)cc2Cl)no1. The number of hydrogen-bond acceptors (Lipinski definition) is 3. The van der Waals surface area contributed by atoms with Crippen LogP contribution in [-0.4, -0.2) is 10.4 Å². The summed E-state index contributed by atoms with van der Waals surface area (Å²) >= 11 is 17.0. The summed E-state index contributed by atoms with van der Waals surface area (Å²) in [4.78, 5) is 10.8. The standard InChI is InChI=1S/C10H4Cl3NO2/c11-5-1-2-6(7(12)3-5)8-4-9(10(13)15)16-14-8/h1-4H. The van der Waals surface area contributed by atoms with E-state index in [4.69, 9.17) is 39.3 Å². The van der Waals surface area contributed by atoms with E-state index in [0.29, 0.717) is 21.3 Å². The normalized spacial score (nSPS) is 10.4. The molecule has 16 heavy (non-hydrogen) atoms. The Morgan fingerprint density at radius 1 is 1.25 bits per heavy atom. The van der Waals surface area contributed by atoms with E-state index in [9.17, 15) is 4.79 Å². The Morgan fingerprint density at radius 3 is 2.56 bits per heavy atom. The van der Waals surface area contributed by atoms with E-state index < -0.39 is 5.24 Å². The van der Waals surface area contributed by atoms with Crippen molar-refractivity contribution in [1.82, 2.24) is 5.16 Å². The molecule has 0 N–H and O–H groups in total. The van der Waals surface area contributed by atoms with Gasteiger partial charge < -0.3 is 4.52 Å². The lowest BCUT2D eigenvalue weighted by Crippen LogP contribution is -1.82. The van der Waals surface area contributed by atoms with Crippen molar-refractivity contribution in [3.05, 3.63) is 40.1 Å². The minimum absolute atomic E-state index is 0.0253. The number of rotatable bonds is 2.